The number of ketones is 2. The van der Waals surface area contributed by atoms with Gasteiger partial charge in [0.15, 0.2) is 11.6 Å². The Bertz CT molecular complexity index is 1660. The molecular formula is C28H20N2O6S. The lowest BCUT2D eigenvalue weighted by Gasteiger charge is -2.18. The molecule has 0 heterocycles. The van der Waals surface area contributed by atoms with Crippen LogP contribution in [-0.2, 0) is 10.0 Å². The predicted molar refractivity (Wildman–Crippen MR) is 138 cm³/mol. The van der Waals surface area contributed by atoms with Gasteiger partial charge in [-0.25, -0.2) is 8.42 Å². The first-order chi connectivity index (χ1) is 17.8. The number of hydrogen-bond donors (Lipinski definition) is 2. The summed E-state index contributed by atoms with van der Waals surface area (Å²) in [6.07, 6.45) is 0. The van der Waals surface area contributed by atoms with Crippen molar-refractivity contribution in [3.05, 3.63) is 119 Å². The number of amides is 1. The fraction of sp³-hybridized carbons (Fsp3) is 0.0357. The molecule has 37 heavy (non-hydrogen) atoms. The van der Waals surface area contributed by atoms with Crippen LogP contribution in [0.3, 0.4) is 0 Å². The molecule has 4 aromatic carbocycles. The van der Waals surface area contributed by atoms with Crippen LogP contribution in [0.5, 0.6) is 5.75 Å². The van der Waals surface area contributed by atoms with E-state index in [0.717, 1.165) is 0 Å². The lowest BCUT2D eigenvalue weighted by molar-refractivity contribution is 0.0979. The molecule has 0 saturated heterocycles. The molecule has 0 radical (unpaired) electrons. The minimum absolute atomic E-state index is 0.0678. The molecule has 0 bridgehead atoms. The minimum Gasteiger partial charge on any atom is -0.497 e. The van der Waals surface area contributed by atoms with Gasteiger partial charge in [0.2, 0.25) is 0 Å². The van der Waals surface area contributed by atoms with Gasteiger partial charge in [-0.15, -0.1) is 0 Å². The van der Waals surface area contributed by atoms with E-state index in [9.17, 15) is 22.8 Å². The molecule has 9 heteroatoms. The molecule has 8 nitrogen and oxygen atoms in total. The Labute approximate surface area is 213 Å². The second-order valence-corrected chi connectivity index (χ2v) is 9.96. The zero-order chi connectivity index (χ0) is 26.2. The van der Waals surface area contributed by atoms with Crippen LogP contribution >= 0.6 is 0 Å². The maximum atomic E-state index is 12.9. The van der Waals surface area contributed by atoms with Gasteiger partial charge in [-0.3, -0.25) is 19.1 Å². The number of carbonyl (C=O) groups is 3. The largest absolute Gasteiger partial charge is 0.497 e. The van der Waals surface area contributed by atoms with Crippen molar-refractivity contribution in [1.82, 2.24) is 0 Å². The Hall–Kier alpha value is -4.76. The summed E-state index contributed by atoms with van der Waals surface area (Å²) < 4.78 is 32.8. The van der Waals surface area contributed by atoms with Gasteiger partial charge in [-0.1, -0.05) is 24.3 Å². The van der Waals surface area contributed by atoms with Gasteiger partial charge in [0.25, 0.3) is 15.9 Å². The van der Waals surface area contributed by atoms with Gasteiger partial charge in [0.1, 0.15) is 5.75 Å². The number of nitrogens with one attached hydrogen (secondary N) is 2. The average Bonchev–Trinajstić information content (AvgIpc) is 2.92. The van der Waals surface area contributed by atoms with Crippen LogP contribution in [-0.4, -0.2) is 33.0 Å². The number of fused-ring (bicyclic) bond motifs is 2. The first-order valence-electron chi connectivity index (χ1n) is 11.2. The van der Waals surface area contributed by atoms with Crippen molar-refractivity contribution in [2.75, 3.05) is 17.1 Å². The third-order valence-electron chi connectivity index (χ3n) is 5.95. The molecule has 2 N–H and O–H groups in total. The van der Waals surface area contributed by atoms with E-state index in [-0.39, 0.29) is 38.8 Å². The molecule has 4 aromatic rings. The fourth-order valence-electron chi connectivity index (χ4n) is 4.04. The molecule has 1 amide bonds. The molecule has 0 aromatic heterocycles. The second-order valence-electron chi connectivity index (χ2n) is 8.28. The van der Waals surface area contributed by atoms with E-state index >= 15 is 0 Å². The number of hydrogen-bond acceptors (Lipinski definition) is 6. The summed E-state index contributed by atoms with van der Waals surface area (Å²) in [6, 6.07) is 23.1. The lowest BCUT2D eigenvalue weighted by Crippen LogP contribution is -2.21. The number of carbonyl (C=O) groups excluding carboxylic acids is 3. The smallest absolute Gasteiger partial charge is 0.261 e. The van der Waals surface area contributed by atoms with Gasteiger partial charge in [-0.05, 0) is 66.7 Å². The average molecular weight is 513 g/mol. The zero-order valence-electron chi connectivity index (χ0n) is 19.5. The highest BCUT2D eigenvalue weighted by molar-refractivity contribution is 7.92. The molecule has 0 unspecified atom stereocenters. The number of rotatable bonds is 6. The maximum Gasteiger partial charge on any atom is 0.261 e. The Kier molecular flexibility index (Phi) is 6.06. The van der Waals surface area contributed by atoms with Gasteiger partial charge < -0.3 is 10.1 Å². The van der Waals surface area contributed by atoms with E-state index in [4.69, 9.17) is 4.74 Å². The van der Waals surface area contributed by atoms with Crippen LogP contribution < -0.4 is 14.8 Å². The third-order valence-corrected chi connectivity index (χ3v) is 7.35. The van der Waals surface area contributed by atoms with Crippen LogP contribution in [0.1, 0.15) is 42.2 Å². The summed E-state index contributed by atoms with van der Waals surface area (Å²) in [5, 5.41) is 2.72. The van der Waals surface area contributed by atoms with Crippen LogP contribution in [0, 0.1) is 0 Å². The van der Waals surface area contributed by atoms with Crippen molar-refractivity contribution < 1.29 is 27.5 Å². The number of ether oxygens (including phenoxy) is 1. The highest BCUT2D eigenvalue weighted by Crippen LogP contribution is 2.29. The lowest BCUT2D eigenvalue weighted by atomic mass is 9.84. The number of methoxy groups -OCH3 is 1. The highest BCUT2D eigenvalue weighted by atomic mass is 32.2. The molecule has 5 rings (SSSR count). The minimum atomic E-state index is -3.83. The van der Waals surface area contributed by atoms with Crippen molar-refractivity contribution in [1.29, 1.82) is 0 Å². The SMILES string of the molecule is COc1ccc(S(=O)(=O)Nc2ccc(C(=O)Nc3ccc4c(c3)C(=O)c3ccccc3C4=O)cc2)cc1. The van der Waals surface area contributed by atoms with Crippen molar-refractivity contribution in [2.45, 2.75) is 4.90 Å². The summed E-state index contributed by atoms with van der Waals surface area (Å²) in [7, 11) is -2.33. The number of sulfonamides is 1. The van der Waals surface area contributed by atoms with Crippen LogP contribution in [0.15, 0.2) is 95.9 Å². The molecule has 0 fully saturated rings. The van der Waals surface area contributed by atoms with E-state index < -0.39 is 15.9 Å². The van der Waals surface area contributed by atoms with Crippen molar-refractivity contribution >= 4 is 38.9 Å². The van der Waals surface area contributed by atoms with E-state index in [1.54, 1.807) is 42.5 Å². The van der Waals surface area contributed by atoms with Crippen LogP contribution in [0.25, 0.3) is 0 Å². The first kappa shape index (κ1) is 24.0. The molecule has 1 aliphatic carbocycles. The summed E-state index contributed by atoms with van der Waals surface area (Å²) in [5.41, 5.74) is 2.12. The van der Waals surface area contributed by atoms with Crippen molar-refractivity contribution in [3.8, 4) is 5.75 Å². The van der Waals surface area contributed by atoms with E-state index in [2.05, 4.69) is 10.0 Å². The molecule has 1 aliphatic rings. The Morgan fingerprint density at radius 1 is 0.703 bits per heavy atom. The van der Waals surface area contributed by atoms with E-state index in [1.807, 2.05) is 0 Å². The third kappa shape index (κ3) is 4.60. The standard InChI is InChI=1S/C28H20N2O6S/c1-36-20-11-13-21(14-12-20)37(34,35)30-18-8-6-17(7-9-18)28(33)29-19-10-15-24-25(16-19)27(32)23-5-3-2-4-22(23)26(24)31/h2-16,30H,1H3,(H,29,33). The predicted octanol–water partition coefficient (Wildman–Crippen LogP) is 4.52. The Balaban J connectivity index is 1.30. The van der Waals surface area contributed by atoms with E-state index in [0.29, 0.717) is 22.6 Å². The highest BCUT2D eigenvalue weighted by Gasteiger charge is 2.29. The molecule has 184 valence electrons. The fourth-order valence-corrected chi connectivity index (χ4v) is 5.10. The van der Waals surface area contributed by atoms with Gasteiger partial charge in [0.05, 0.1) is 12.0 Å². The number of anilines is 2. The molecular weight excluding hydrogens is 492 g/mol. The monoisotopic (exact) mass is 512 g/mol. The Morgan fingerprint density at radius 3 is 1.89 bits per heavy atom. The molecule has 0 aliphatic heterocycles. The summed E-state index contributed by atoms with van der Waals surface area (Å²) in [4.78, 5) is 38.5. The molecule has 0 atom stereocenters. The molecule has 0 spiro atoms. The summed E-state index contributed by atoms with van der Waals surface area (Å²) in [6.45, 7) is 0. The quantitative estimate of drug-likeness (QED) is 0.345. The van der Waals surface area contributed by atoms with Crippen LogP contribution in [0.2, 0.25) is 0 Å². The summed E-state index contributed by atoms with van der Waals surface area (Å²) >= 11 is 0. The normalized spacial score (nSPS) is 12.4. The van der Waals surface area contributed by atoms with Crippen LogP contribution in [0.4, 0.5) is 11.4 Å². The van der Waals surface area contributed by atoms with Gasteiger partial charge in [0, 0.05) is 39.2 Å². The zero-order valence-corrected chi connectivity index (χ0v) is 20.3. The summed E-state index contributed by atoms with van der Waals surface area (Å²) in [5.74, 6) is -0.445. The van der Waals surface area contributed by atoms with Gasteiger partial charge in [-0.2, -0.15) is 0 Å². The second kappa shape index (κ2) is 9.36. The van der Waals surface area contributed by atoms with Crippen molar-refractivity contribution in [2.24, 2.45) is 0 Å². The topological polar surface area (TPSA) is 119 Å². The van der Waals surface area contributed by atoms with Gasteiger partial charge >= 0.3 is 0 Å². The maximum absolute atomic E-state index is 12.9. The molecule has 0 saturated carbocycles. The number of benzene rings is 4. The van der Waals surface area contributed by atoms with E-state index in [1.165, 1.54) is 55.6 Å². The first-order valence-corrected chi connectivity index (χ1v) is 12.7. The van der Waals surface area contributed by atoms with Crippen molar-refractivity contribution in [3.63, 3.8) is 0 Å². The Morgan fingerprint density at radius 2 is 1.27 bits per heavy atom.